The molecule has 1 heterocycles. The number of rotatable bonds is 6. The maximum absolute atomic E-state index is 8.68. The molecule has 4 heteroatoms. The highest BCUT2D eigenvalue weighted by Crippen LogP contribution is 2.22. The van der Waals surface area contributed by atoms with E-state index in [0.29, 0.717) is 28.6 Å². The van der Waals surface area contributed by atoms with Crippen LogP contribution in [0.3, 0.4) is 0 Å². The molecule has 1 atom stereocenters. The number of nitrogens with one attached hydrogen (secondary N) is 2. The lowest BCUT2D eigenvalue weighted by atomic mass is 9.98. The summed E-state index contributed by atoms with van der Waals surface area (Å²) in [6, 6.07) is 16.2. The summed E-state index contributed by atoms with van der Waals surface area (Å²) in [6.45, 7) is 10.5. The van der Waals surface area contributed by atoms with Crippen LogP contribution < -0.4 is 11.1 Å². The van der Waals surface area contributed by atoms with Crippen molar-refractivity contribution < 1.29 is 0 Å². The number of anilines is 1. The zero-order chi connectivity index (χ0) is 19.6. The van der Waals surface area contributed by atoms with Crippen LogP contribution in [0.25, 0.3) is 16.5 Å². The minimum atomic E-state index is 0.278. The second-order valence-electron chi connectivity index (χ2n) is 7.25. The Kier molecular flexibility index (Phi) is 5.26. The molecular weight excluding hydrogens is 332 g/mol. The lowest BCUT2D eigenvalue weighted by Crippen LogP contribution is -2.29. The Balaban J connectivity index is 1.93. The van der Waals surface area contributed by atoms with Crippen LogP contribution >= 0.6 is 0 Å². The second-order valence-corrected chi connectivity index (χ2v) is 7.25. The summed E-state index contributed by atoms with van der Waals surface area (Å²) in [4.78, 5) is 4.39. The molecule has 4 nitrogen and oxygen atoms in total. The molecule has 138 valence electrons. The molecule has 0 spiro atoms. The van der Waals surface area contributed by atoms with Gasteiger partial charge in [0.1, 0.15) is 0 Å². The number of nitrogen functional groups attached to an aromatic ring is 1. The standard InChI is InChI=1S/C23H26N4/c1-14(2)15(3)27-16(4)22-12-20(21(24)13-26-22)23(25)19-10-9-17-7-5-6-8-18(17)11-19/h5-15,25,27H,4,24H2,1-3H3. The monoisotopic (exact) mass is 358 g/mol. The number of hydrogen-bond donors (Lipinski definition) is 3. The van der Waals surface area contributed by atoms with Gasteiger partial charge in [0.15, 0.2) is 0 Å². The van der Waals surface area contributed by atoms with Crippen molar-refractivity contribution >= 4 is 27.9 Å². The molecule has 0 amide bonds. The first-order valence-corrected chi connectivity index (χ1v) is 9.16. The van der Waals surface area contributed by atoms with E-state index in [9.17, 15) is 0 Å². The number of benzene rings is 2. The van der Waals surface area contributed by atoms with E-state index in [2.05, 4.69) is 43.7 Å². The number of nitrogens with two attached hydrogens (primary N) is 1. The Morgan fingerprint density at radius 1 is 1.07 bits per heavy atom. The minimum Gasteiger partial charge on any atom is -0.397 e. The molecule has 1 unspecified atom stereocenters. The first-order valence-electron chi connectivity index (χ1n) is 9.16. The first kappa shape index (κ1) is 18.6. The van der Waals surface area contributed by atoms with E-state index >= 15 is 0 Å². The molecule has 1 aromatic heterocycles. The van der Waals surface area contributed by atoms with Crippen LogP contribution in [-0.4, -0.2) is 16.7 Å². The van der Waals surface area contributed by atoms with E-state index in [1.165, 1.54) is 0 Å². The van der Waals surface area contributed by atoms with Crippen molar-refractivity contribution in [1.82, 2.24) is 10.3 Å². The van der Waals surface area contributed by atoms with Crippen LogP contribution in [0, 0.1) is 11.3 Å². The predicted octanol–water partition coefficient (Wildman–Crippen LogP) is 4.84. The summed E-state index contributed by atoms with van der Waals surface area (Å²) < 4.78 is 0. The van der Waals surface area contributed by atoms with Gasteiger partial charge in [0, 0.05) is 17.2 Å². The van der Waals surface area contributed by atoms with Crippen LogP contribution in [0.2, 0.25) is 0 Å². The van der Waals surface area contributed by atoms with Crippen molar-refractivity contribution in [2.24, 2.45) is 5.92 Å². The number of aromatic nitrogens is 1. The quantitative estimate of drug-likeness (QED) is 0.552. The average molecular weight is 358 g/mol. The number of nitrogens with zero attached hydrogens (tertiary/aromatic N) is 1. The van der Waals surface area contributed by atoms with Gasteiger partial charge in [-0.2, -0.15) is 0 Å². The molecule has 27 heavy (non-hydrogen) atoms. The maximum Gasteiger partial charge on any atom is 0.0863 e. The number of hydrogen-bond acceptors (Lipinski definition) is 4. The van der Waals surface area contributed by atoms with Gasteiger partial charge in [0.2, 0.25) is 0 Å². The molecule has 0 bridgehead atoms. The summed E-state index contributed by atoms with van der Waals surface area (Å²) in [6.07, 6.45) is 1.60. The maximum atomic E-state index is 8.68. The molecule has 0 aliphatic carbocycles. The summed E-state index contributed by atoms with van der Waals surface area (Å²) in [5, 5.41) is 14.3. The van der Waals surface area contributed by atoms with E-state index in [-0.39, 0.29) is 6.04 Å². The second kappa shape index (κ2) is 7.62. The minimum absolute atomic E-state index is 0.278. The van der Waals surface area contributed by atoms with Crippen molar-refractivity contribution in [3.63, 3.8) is 0 Å². The molecule has 0 aliphatic rings. The first-order chi connectivity index (χ1) is 12.9. The van der Waals surface area contributed by atoms with Gasteiger partial charge in [-0.1, -0.05) is 56.8 Å². The van der Waals surface area contributed by atoms with Gasteiger partial charge >= 0.3 is 0 Å². The summed E-state index contributed by atoms with van der Waals surface area (Å²) in [7, 11) is 0. The van der Waals surface area contributed by atoms with Crippen molar-refractivity contribution in [2.75, 3.05) is 5.73 Å². The van der Waals surface area contributed by atoms with Gasteiger partial charge in [-0.25, -0.2) is 0 Å². The molecule has 3 aromatic rings. The lowest BCUT2D eigenvalue weighted by Gasteiger charge is -2.20. The smallest absolute Gasteiger partial charge is 0.0863 e. The van der Waals surface area contributed by atoms with E-state index in [0.717, 1.165) is 22.0 Å². The third-order valence-corrected chi connectivity index (χ3v) is 4.95. The van der Waals surface area contributed by atoms with E-state index in [1.54, 1.807) is 6.20 Å². The van der Waals surface area contributed by atoms with Gasteiger partial charge in [0.05, 0.1) is 29.0 Å². The molecule has 4 N–H and O–H groups in total. The molecule has 0 radical (unpaired) electrons. The van der Waals surface area contributed by atoms with Crippen molar-refractivity contribution in [1.29, 1.82) is 5.41 Å². The molecule has 0 aliphatic heterocycles. The normalized spacial score (nSPS) is 12.1. The topological polar surface area (TPSA) is 74.8 Å². The third kappa shape index (κ3) is 4.00. The lowest BCUT2D eigenvalue weighted by molar-refractivity contribution is 0.480. The molecule has 0 saturated carbocycles. The zero-order valence-electron chi connectivity index (χ0n) is 16.1. The van der Waals surface area contributed by atoms with Gasteiger partial charge in [0.25, 0.3) is 0 Å². The van der Waals surface area contributed by atoms with Crippen LogP contribution in [0.5, 0.6) is 0 Å². The fraction of sp³-hybridized carbons (Fsp3) is 0.217. The Labute approximate surface area is 160 Å². The van der Waals surface area contributed by atoms with Crippen LogP contribution in [0.15, 0.2) is 61.3 Å². The summed E-state index contributed by atoms with van der Waals surface area (Å²) in [5.74, 6) is 0.478. The number of pyridine rings is 1. The van der Waals surface area contributed by atoms with Crippen molar-refractivity contribution in [3.8, 4) is 0 Å². The Morgan fingerprint density at radius 3 is 2.48 bits per heavy atom. The van der Waals surface area contributed by atoms with Crippen LogP contribution in [-0.2, 0) is 0 Å². The third-order valence-electron chi connectivity index (χ3n) is 4.95. The highest BCUT2D eigenvalue weighted by atomic mass is 14.9. The summed E-state index contributed by atoms with van der Waals surface area (Å²) >= 11 is 0. The zero-order valence-corrected chi connectivity index (χ0v) is 16.1. The fourth-order valence-corrected chi connectivity index (χ4v) is 2.86. The Morgan fingerprint density at radius 2 is 1.78 bits per heavy atom. The molecule has 3 rings (SSSR count). The van der Waals surface area contributed by atoms with Crippen molar-refractivity contribution in [3.05, 3.63) is 78.1 Å². The number of fused-ring (bicyclic) bond motifs is 1. The fourth-order valence-electron chi connectivity index (χ4n) is 2.86. The highest BCUT2D eigenvalue weighted by Gasteiger charge is 2.14. The largest absolute Gasteiger partial charge is 0.397 e. The predicted molar refractivity (Wildman–Crippen MR) is 115 cm³/mol. The molecule has 0 saturated heterocycles. The Bertz CT molecular complexity index is 1000. The molecule has 0 fully saturated rings. The average Bonchev–Trinajstić information content (AvgIpc) is 2.67. The molecule has 2 aromatic carbocycles. The SMILES string of the molecule is C=C(NC(C)C(C)C)c1cc(C(=N)c2ccc3ccccc3c2)c(N)cn1. The van der Waals surface area contributed by atoms with E-state index < -0.39 is 0 Å². The van der Waals surface area contributed by atoms with Crippen molar-refractivity contribution in [2.45, 2.75) is 26.8 Å². The summed E-state index contributed by atoms with van der Waals surface area (Å²) in [5.41, 5.74) is 9.94. The molecular formula is C23H26N4. The van der Waals surface area contributed by atoms with Gasteiger partial charge in [-0.05, 0) is 35.7 Å². The van der Waals surface area contributed by atoms with E-state index in [1.807, 2.05) is 42.5 Å². The van der Waals surface area contributed by atoms with Crippen LogP contribution in [0.1, 0.15) is 37.6 Å². The van der Waals surface area contributed by atoms with Gasteiger partial charge in [-0.15, -0.1) is 0 Å². The van der Waals surface area contributed by atoms with Crippen LogP contribution in [0.4, 0.5) is 5.69 Å². The highest BCUT2D eigenvalue weighted by molar-refractivity contribution is 6.15. The Hall–Kier alpha value is -3.14. The van der Waals surface area contributed by atoms with E-state index in [4.69, 9.17) is 11.1 Å². The van der Waals surface area contributed by atoms with Gasteiger partial charge < -0.3 is 11.1 Å². The van der Waals surface area contributed by atoms with Gasteiger partial charge in [-0.3, -0.25) is 10.4 Å².